The Hall–Kier alpha value is -1.93. The first-order chi connectivity index (χ1) is 17.4. The molecule has 1 aromatic rings. The average Bonchev–Trinajstić information content (AvgIpc) is 3.37. The van der Waals surface area contributed by atoms with Crippen LogP contribution in [0.25, 0.3) is 0 Å². The molecule has 1 saturated heterocycles. The minimum atomic E-state index is -0.444. The van der Waals surface area contributed by atoms with Gasteiger partial charge in [-0.1, -0.05) is 47.4 Å². The summed E-state index contributed by atoms with van der Waals surface area (Å²) in [6.45, 7) is 4.30. The number of ether oxygens (including phenoxy) is 2. The third-order valence-corrected chi connectivity index (χ3v) is 10.6. The van der Waals surface area contributed by atoms with Crippen molar-refractivity contribution < 1.29 is 24.2 Å². The second-order valence-corrected chi connectivity index (χ2v) is 12.6. The number of hydrogen-bond donors (Lipinski definition) is 1. The van der Waals surface area contributed by atoms with E-state index in [0.29, 0.717) is 18.7 Å². The van der Waals surface area contributed by atoms with Gasteiger partial charge in [0.1, 0.15) is 11.9 Å². The number of methoxy groups -OCH3 is 1. The molecular weight excluding hydrogens is 494 g/mol. The molecule has 6 nitrogen and oxygen atoms in total. The number of rotatable bonds is 6. The van der Waals surface area contributed by atoms with Crippen molar-refractivity contribution in [3.8, 4) is 11.5 Å². The van der Waals surface area contributed by atoms with Crippen molar-refractivity contribution in [2.75, 3.05) is 19.4 Å². The Balaban J connectivity index is 1.69. The highest BCUT2D eigenvalue weighted by molar-refractivity contribution is 8.76. The number of carbonyl (C=O) groups is 2. The van der Waals surface area contributed by atoms with E-state index in [1.165, 1.54) is 12.5 Å². The van der Waals surface area contributed by atoms with Crippen molar-refractivity contribution in [2.24, 2.45) is 16.8 Å². The number of phenolic OH excluding ortho intramolecular Hbond substituents is 1. The first-order valence-electron chi connectivity index (χ1n) is 13.0. The Bertz CT molecular complexity index is 1020. The van der Waals surface area contributed by atoms with Gasteiger partial charge in [-0.2, -0.15) is 0 Å². The third-order valence-electron chi connectivity index (χ3n) is 7.61. The number of benzene rings is 1. The molecule has 0 bridgehead atoms. The van der Waals surface area contributed by atoms with Gasteiger partial charge in [-0.15, -0.1) is 0 Å². The molecule has 1 fully saturated rings. The standard InChI is InChI=1S/C28H37NO5S2/c1-4-5-6-21-24(19-9-10-29-15-19)16-35-36-28-8-7-18-11-25(32)27(33-3)14-22(18)23(28)12-20(31)13-26(21)34-17(2)30/h9,11,14-15,21,23-24,26,28,32H,4-8,10,12-13,16H2,1-3H3. The van der Waals surface area contributed by atoms with Crippen LogP contribution < -0.4 is 4.74 Å². The number of aromatic hydroxyl groups is 1. The van der Waals surface area contributed by atoms with Crippen LogP contribution in [-0.4, -0.2) is 53.8 Å². The number of nitrogens with zero attached hydrogens (tertiary/aromatic N) is 1. The maximum atomic E-state index is 13.6. The van der Waals surface area contributed by atoms with Crippen LogP contribution in [0.2, 0.25) is 0 Å². The fourth-order valence-corrected chi connectivity index (χ4v) is 9.15. The molecule has 0 radical (unpaired) electrons. The van der Waals surface area contributed by atoms with Crippen molar-refractivity contribution in [1.82, 2.24) is 0 Å². The number of allylic oxidation sites excluding steroid dienone is 1. The number of aliphatic imine (C=N–C) groups is 1. The summed E-state index contributed by atoms with van der Waals surface area (Å²) in [5.74, 6) is 1.55. The molecule has 0 aromatic heterocycles. The molecule has 3 aliphatic rings. The van der Waals surface area contributed by atoms with Crippen LogP contribution in [0, 0.1) is 11.8 Å². The SMILES string of the molecule is CCCCC1C(OC(C)=O)CC(=O)CC2c3cc(OC)c(O)cc3CCC2SSCC1C1=CCN=C1. The molecule has 0 spiro atoms. The van der Waals surface area contributed by atoms with E-state index in [1.807, 2.05) is 33.9 Å². The average molecular weight is 532 g/mol. The number of unbranched alkanes of at least 4 members (excludes halogenated alkanes) is 1. The minimum Gasteiger partial charge on any atom is -0.504 e. The normalized spacial score (nSPS) is 28.5. The highest BCUT2D eigenvalue weighted by Gasteiger charge is 2.39. The van der Waals surface area contributed by atoms with E-state index in [4.69, 9.17) is 9.47 Å². The van der Waals surface area contributed by atoms with E-state index >= 15 is 0 Å². The fourth-order valence-electron chi connectivity index (χ4n) is 5.82. The van der Waals surface area contributed by atoms with Gasteiger partial charge < -0.3 is 14.6 Å². The topological polar surface area (TPSA) is 85.2 Å². The molecule has 5 unspecified atom stereocenters. The quantitative estimate of drug-likeness (QED) is 0.361. The van der Waals surface area contributed by atoms with Crippen LogP contribution in [0.15, 0.2) is 28.8 Å². The summed E-state index contributed by atoms with van der Waals surface area (Å²) in [6, 6.07) is 3.71. The van der Waals surface area contributed by atoms with E-state index in [9.17, 15) is 14.7 Å². The van der Waals surface area contributed by atoms with Crippen molar-refractivity contribution in [3.63, 3.8) is 0 Å². The van der Waals surface area contributed by atoms with E-state index in [0.717, 1.165) is 49.0 Å². The van der Waals surface area contributed by atoms with Crippen molar-refractivity contribution >= 4 is 39.6 Å². The maximum Gasteiger partial charge on any atom is 0.302 e. The number of carbonyl (C=O) groups excluding carboxylic acids is 2. The first kappa shape index (κ1) is 27.1. The molecule has 36 heavy (non-hydrogen) atoms. The molecule has 5 atom stereocenters. The summed E-state index contributed by atoms with van der Waals surface area (Å²) in [5, 5.41) is 10.6. The molecular formula is C28H37NO5S2. The number of esters is 1. The Morgan fingerprint density at radius 2 is 2.08 bits per heavy atom. The molecule has 8 heteroatoms. The Morgan fingerprint density at radius 1 is 1.25 bits per heavy atom. The second-order valence-electron chi connectivity index (χ2n) is 9.99. The van der Waals surface area contributed by atoms with Gasteiger partial charge >= 0.3 is 5.97 Å². The van der Waals surface area contributed by atoms with Crippen molar-refractivity contribution in [1.29, 1.82) is 0 Å². The summed E-state index contributed by atoms with van der Waals surface area (Å²) in [6.07, 6.45) is 9.15. The summed E-state index contributed by atoms with van der Waals surface area (Å²) in [4.78, 5) is 30.2. The zero-order chi connectivity index (χ0) is 25.7. The Labute approximate surface area is 222 Å². The second kappa shape index (κ2) is 12.5. The summed E-state index contributed by atoms with van der Waals surface area (Å²) < 4.78 is 11.3. The van der Waals surface area contributed by atoms with Gasteiger partial charge in [-0.3, -0.25) is 14.6 Å². The molecule has 1 aromatic carbocycles. The predicted molar refractivity (Wildman–Crippen MR) is 147 cm³/mol. The van der Waals surface area contributed by atoms with Gasteiger partial charge in [-0.05, 0) is 48.1 Å². The van der Waals surface area contributed by atoms with Crippen LogP contribution >= 0.6 is 21.6 Å². The van der Waals surface area contributed by atoms with Gasteiger partial charge in [0.15, 0.2) is 11.5 Å². The fraction of sp³-hybridized carbons (Fsp3) is 0.607. The largest absolute Gasteiger partial charge is 0.504 e. The molecule has 2 aliphatic heterocycles. The molecule has 1 N–H and O–H groups in total. The highest BCUT2D eigenvalue weighted by Crippen LogP contribution is 2.49. The number of fused-ring (bicyclic) bond motifs is 3. The zero-order valence-electron chi connectivity index (χ0n) is 21.4. The molecule has 2 heterocycles. The maximum absolute atomic E-state index is 13.6. The minimum absolute atomic E-state index is 0.0316. The third kappa shape index (κ3) is 6.31. The van der Waals surface area contributed by atoms with E-state index in [2.05, 4.69) is 18.0 Å². The molecule has 0 amide bonds. The van der Waals surface area contributed by atoms with Gasteiger partial charge in [0.2, 0.25) is 0 Å². The van der Waals surface area contributed by atoms with Crippen molar-refractivity contribution in [3.05, 3.63) is 34.9 Å². The lowest BCUT2D eigenvalue weighted by Crippen LogP contribution is -2.36. The first-order valence-corrected chi connectivity index (χ1v) is 15.4. The lowest BCUT2D eigenvalue weighted by Gasteiger charge is -2.33. The van der Waals surface area contributed by atoms with Crippen LogP contribution in [0.3, 0.4) is 0 Å². The molecule has 4 rings (SSSR count). The van der Waals surface area contributed by atoms with Gasteiger partial charge in [0.25, 0.3) is 0 Å². The molecule has 0 saturated carbocycles. The van der Waals surface area contributed by atoms with Crippen LogP contribution in [0.1, 0.15) is 69.4 Å². The smallest absolute Gasteiger partial charge is 0.302 e. The predicted octanol–water partition coefficient (Wildman–Crippen LogP) is 5.91. The van der Waals surface area contributed by atoms with Gasteiger partial charge in [0.05, 0.1) is 13.7 Å². The van der Waals surface area contributed by atoms with Gasteiger partial charge in [0, 0.05) is 54.7 Å². The van der Waals surface area contributed by atoms with Crippen LogP contribution in [0.4, 0.5) is 0 Å². The summed E-state index contributed by atoms with van der Waals surface area (Å²) >= 11 is 0. The Morgan fingerprint density at radius 3 is 2.78 bits per heavy atom. The van der Waals surface area contributed by atoms with Crippen LogP contribution in [-0.2, 0) is 20.7 Å². The molecule has 196 valence electrons. The van der Waals surface area contributed by atoms with Gasteiger partial charge in [-0.25, -0.2) is 0 Å². The summed E-state index contributed by atoms with van der Waals surface area (Å²) in [7, 11) is 5.30. The number of aryl methyl sites for hydroxylation is 1. The highest BCUT2D eigenvalue weighted by atomic mass is 33.1. The van der Waals surface area contributed by atoms with E-state index < -0.39 is 6.10 Å². The lowest BCUT2D eigenvalue weighted by atomic mass is 9.76. The lowest BCUT2D eigenvalue weighted by molar-refractivity contribution is -0.151. The molecule has 1 aliphatic carbocycles. The van der Waals surface area contributed by atoms with Crippen LogP contribution in [0.5, 0.6) is 11.5 Å². The number of ketones is 1. The number of Topliss-reactive ketones (excluding diaryl/α,β-unsaturated/α-hetero) is 1. The monoisotopic (exact) mass is 531 g/mol. The Kier molecular flexibility index (Phi) is 9.45. The van der Waals surface area contributed by atoms with E-state index in [-0.39, 0.29) is 46.9 Å². The zero-order valence-corrected chi connectivity index (χ0v) is 23.0. The van der Waals surface area contributed by atoms with E-state index in [1.54, 1.807) is 13.2 Å². The number of hydrogen-bond acceptors (Lipinski definition) is 8. The summed E-state index contributed by atoms with van der Waals surface area (Å²) in [5.41, 5.74) is 3.39. The van der Waals surface area contributed by atoms with Crippen molar-refractivity contribution in [2.45, 2.75) is 76.1 Å². The number of phenols is 1.